The van der Waals surface area contributed by atoms with E-state index in [0.717, 1.165) is 11.3 Å². The van der Waals surface area contributed by atoms with Gasteiger partial charge in [0.2, 0.25) is 0 Å². The summed E-state index contributed by atoms with van der Waals surface area (Å²) in [6.07, 6.45) is 0.602. The number of aromatic nitrogens is 2. The molecule has 0 saturated heterocycles. The Balaban J connectivity index is 1.59. The minimum atomic E-state index is -0.978. The molecular weight excluding hydrogens is 337 g/mol. The Kier molecular flexibility index (Phi) is 4.97. The van der Waals surface area contributed by atoms with Crippen LogP contribution in [0.25, 0.3) is 5.65 Å². The number of hydrogen-bond donors (Lipinski definition) is 1. The molecule has 0 aliphatic heterocycles. The minimum Gasteiger partial charge on any atom is -0.448 e. The summed E-state index contributed by atoms with van der Waals surface area (Å²) in [6, 6.07) is 11.3. The molecule has 26 heavy (non-hydrogen) atoms. The lowest BCUT2D eigenvalue weighted by molar-refractivity contribution is -0.129. The van der Waals surface area contributed by atoms with Crippen molar-refractivity contribution in [2.45, 2.75) is 26.5 Å². The lowest BCUT2D eigenvalue weighted by Gasteiger charge is -2.12. The fourth-order valence-electron chi connectivity index (χ4n) is 2.46. The smallest absolute Gasteiger partial charge is 0.359 e. The van der Waals surface area contributed by atoms with Crippen molar-refractivity contribution in [2.75, 3.05) is 0 Å². The third kappa shape index (κ3) is 3.88. The first-order chi connectivity index (χ1) is 12.4. The number of hydrogen-bond acceptors (Lipinski definition) is 4. The van der Waals surface area contributed by atoms with Crippen molar-refractivity contribution in [3.05, 3.63) is 71.4 Å². The Bertz CT molecular complexity index is 950. The maximum atomic E-state index is 12.9. The summed E-state index contributed by atoms with van der Waals surface area (Å²) in [5, 5.41) is 2.65. The Hall–Kier alpha value is -3.22. The Morgan fingerprint density at radius 1 is 1.23 bits per heavy atom. The molecule has 0 radical (unpaired) electrons. The molecule has 3 rings (SSSR count). The molecule has 0 aliphatic rings. The molecule has 1 amide bonds. The van der Waals surface area contributed by atoms with Gasteiger partial charge in [0.05, 0.1) is 0 Å². The van der Waals surface area contributed by atoms with Gasteiger partial charge < -0.3 is 14.5 Å². The standard InChI is InChI=1S/C19H18FN3O3/c1-12-4-3-5-17-22-16(11-23(12)17)19(25)26-13(2)18(24)21-10-14-6-8-15(20)9-7-14/h3-9,11,13H,10H2,1-2H3,(H,21,24)/t13-/m1/s1. The third-order valence-corrected chi connectivity index (χ3v) is 3.94. The second-order valence-corrected chi connectivity index (χ2v) is 5.91. The Morgan fingerprint density at radius 2 is 1.96 bits per heavy atom. The molecule has 2 aromatic heterocycles. The molecular formula is C19H18FN3O3. The van der Waals surface area contributed by atoms with Gasteiger partial charge in [0.1, 0.15) is 11.5 Å². The van der Waals surface area contributed by atoms with E-state index in [1.54, 1.807) is 28.8 Å². The van der Waals surface area contributed by atoms with E-state index in [4.69, 9.17) is 4.74 Å². The Morgan fingerprint density at radius 3 is 2.65 bits per heavy atom. The highest BCUT2D eigenvalue weighted by molar-refractivity contribution is 5.91. The highest BCUT2D eigenvalue weighted by Crippen LogP contribution is 2.10. The summed E-state index contributed by atoms with van der Waals surface area (Å²) in [7, 11) is 0. The molecule has 0 bridgehead atoms. The highest BCUT2D eigenvalue weighted by Gasteiger charge is 2.21. The number of carbonyl (C=O) groups is 2. The molecule has 6 nitrogen and oxygen atoms in total. The van der Waals surface area contributed by atoms with E-state index in [9.17, 15) is 14.0 Å². The number of nitrogens with one attached hydrogen (secondary N) is 1. The summed E-state index contributed by atoms with van der Waals surface area (Å²) < 4.78 is 19.8. The number of esters is 1. The van der Waals surface area contributed by atoms with Gasteiger partial charge in [-0.3, -0.25) is 4.79 Å². The fraction of sp³-hybridized carbons (Fsp3) is 0.211. The van der Waals surface area contributed by atoms with Crippen LogP contribution in [0.5, 0.6) is 0 Å². The normalized spacial score (nSPS) is 12.0. The van der Waals surface area contributed by atoms with Crippen LogP contribution in [0, 0.1) is 12.7 Å². The molecule has 1 atom stereocenters. The quantitative estimate of drug-likeness (QED) is 0.714. The number of halogens is 1. The molecule has 1 N–H and O–H groups in total. The van der Waals surface area contributed by atoms with Crippen LogP contribution in [0.3, 0.4) is 0 Å². The number of carbonyl (C=O) groups excluding carboxylic acids is 2. The summed E-state index contributed by atoms with van der Waals surface area (Å²) in [5.74, 6) is -1.45. The average molecular weight is 355 g/mol. The van der Waals surface area contributed by atoms with E-state index in [1.807, 2.05) is 19.1 Å². The van der Waals surface area contributed by atoms with Gasteiger partial charge in [0, 0.05) is 18.4 Å². The van der Waals surface area contributed by atoms with E-state index < -0.39 is 18.0 Å². The molecule has 134 valence electrons. The van der Waals surface area contributed by atoms with Crippen LogP contribution in [-0.2, 0) is 16.1 Å². The van der Waals surface area contributed by atoms with Crippen LogP contribution >= 0.6 is 0 Å². The van der Waals surface area contributed by atoms with Gasteiger partial charge in [-0.05, 0) is 43.7 Å². The van der Waals surface area contributed by atoms with Crippen molar-refractivity contribution in [2.24, 2.45) is 0 Å². The van der Waals surface area contributed by atoms with Crippen molar-refractivity contribution < 1.29 is 18.7 Å². The SMILES string of the molecule is Cc1cccc2nc(C(=O)O[C@H](C)C(=O)NCc3ccc(F)cc3)cn12. The average Bonchev–Trinajstić information content (AvgIpc) is 3.07. The van der Waals surface area contributed by atoms with Crippen molar-refractivity contribution >= 4 is 17.5 Å². The topological polar surface area (TPSA) is 72.7 Å². The van der Waals surface area contributed by atoms with Gasteiger partial charge >= 0.3 is 5.97 Å². The van der Waals surface area contributed by atoms with Crippen molar-refractivity contribution in [3.63, 3.8) is 0 Å². The molecule has 3 aromatic rings. The van der Waals surface area contributed by atoms with Crippen LogP contribution in [-0.4, -0.2) is 27.4 Å². The number of ether oxygens (including phenoxy) is 1. The molecule has 0 fully saturated rings. The molecule has 0 saturated carbocycles. The minimum absolute atomic E-state index is 0.137. The van der Waals surface area contributed by atoms with Gasteiger partial charge in [-0.15, -0.1) is 0 Å². The van der Waals surface area contributed by atoms with Crippen molar-refractivity contribution in [1.29, 1.82) is 0 Å². The first kappa shape index (κ1) is 17.6. The van der Waals surface area contributed by atoms with E-state index in [-0.39, 0.29) is 18.1 Å². The van der Waals surface area contributed by atoms with Gasteiger partial charge in [0.25, 0.3) is 5.91 Å². The maximum absolute atomic E-state index is 12.9. The molecule has 0 unspecified atom stereocenters. The van der Waals surface area contributed by atoms with Crippen LogP contribution < -0.4 is 5.32 Å². The fourth-order valence-corrected chi connectivity index (χ4v) is 2.46. The monoisotopic (exact) mass is 355 g/mol. The summed E-state index contributed by atoms with van der Waals surface area (Å²) in [5.41, 5.74) is 2.44. The molecule has 7 heteroatoms. The number of rotatable bonds is 5. The highest BCUT2D eigenvalue weighted by atomic mass is 19.1. The van der Waals surface area contributed by atoms with Crippen LogP contribution in [0.4, 0.5) is 4.39 Å². The van der Waals surface area contributed by atoms with E-state index in [0.29, 0.717) is 5.65 Å². The van der Waals surface area contributed by atoms with Gasteiger partial charge in [0.15, 0.2) is 11.8 Å². The number of aryl methyl sites for hydroxylation is 1. The summed E-state index contributed by atoms with van der Waals surface area (Å²) >= 11 is 0. The summed E-state index contributed by atoms with van der Waals surface area (Å²) in [6.45, 7) is 3.60. The second-order valence-electron chi connectivity index (χ2n) is 5.91. The van der Waals surface area contributed by atoms with Crippen LogP contribution in [0.2, 0.25) is 0 Å². The first-order valence-electron chi connectivity index (χ1n) is 8.12. The number of fused-ring (bicyclic) bond motifs is 1. The zero-order chi connectivity index (χ0) is 18.7. The van der Waals surface area contributed by atoms with Crippen LogP contribution in [0.1, 0.15) is 28.7 Å². The van der Waals surface area contributed by atoms with E-state index >= 15 is 0 Å². The lowest BCUT2D eigenvalue weighted by atomic mass is 10.2. The predicted molar refractivity (Wildman–Crippen MR) is 93.1 cm³/mol. The largest absolute Gasteiger partial charge is 0.448 e. The zero-order valence-corrected chi connectivity index (χ0v) is 14.4. The number of benzene rings is 1. The number of amides is 1. The van der Waals surface area contributed by atoms with E-state index in [2.05, 4.69) is 10.3 Å². The number of pyridine rings is 1. The second kappa shape index (κ2) is 7.35. The van der Waals surface area contributed by atoms with Crippen molar-refractivity contribution in [3.8, 4) is 0 Å². The summed E-state index contributed by atoms with van der Waals surface area (Å²) in [4.78, 5) is 28.5. The van der Waals surface area contributed by atoms with E-state index in [1.165, 1.54) is 19.1 Å². The van der Waals surface area contributed by atoms with Crippen molar-refractivity contribution in [1.82, 2.24) is 14.7 Å². The molecule has 0 aliphatic carbocycles. The maximum Gasteiger partial charge on any atom is 0.359 e. The third-order valence-electron chi connectivity index (χ3n) is 3.94. The Labute approximate surface area is 149 Å². The molecule has 1 aromatic carbocycles. The number of nitrogens with zero attached hydrogens (tertiary/aromatic N) is 2. The molecule has 2 heterocycles. The predicted octanol–water partition coefficient (Wildman–Crippen LogP) is 2.64. The van der Waals surface area contributed by atoms with Gasteiger partial charge in [-0.25, -0.2) is 14.2 Å². The van der Waals surface area contributed by atoms with Gasteiger partial charge in [-0.2, -0.15) is 0 Å². The molecule has 0 spiro atoms. The zero-order valence-electron chi connectivity index (χ0n) is 14.4. The lowest BCUT2D eigenvalue weighted by Crippen LogP contribution is -2.35. The first-order valence-corrected chi connectivity index (χ1v) is 8.12. The van der Waals surface area contributed by atoms with Gasteiger partial charge in [-0.1, -0.05) is 18.2 Å². The van der Waals surface area contributed by atoms with Crippen LogP contribution in [0.15, 0.2) is 48.7 Å². The number of imidazole rings is 1.